The van der Waals surface area contributed by atoms with E-state index in [0.717, 1.165) is 38.0 Å². The number of nitrogens with one attached hydrogen (secondary N) is 2. The Hall–Kier alpha value is -1.92. The maximum atomic E-state index is 12.4. The van der Waals surface area contributed by atoms with E-state index in [0.29, 0.717) is 19.7 Å². The molecule has 2 N–H and O–H groups in total. The Labute approximate surface area is 181 Å². The maximum Gasteiger partial charge on any atom is 0.238 e. The predicted octanol–water partition coefficient (Wildman–Crippen LogP) is 3.57. The molecule has 0 unspecified atom stereocenters. The third kappa shape index (κ3) is 8.44. The summed E-state index contributed by atoms with van der Waals surface area (Å²) in [4.78, 5) is 26.8. The molecular weight excluding hydrogens is 378 g/mol. The Kier molecular flexibility index (Phi) is 9.31. The SMILES string of the molecule is CC(C)OCCCNC(=O)C1CCN(CC(=O)Nc2ccc(C(C)(C)C)cc2)CC1. The van der Waals surface area contributed by atoms with Crippen LogP contribution in [0.2, 0.25) is 0 Å². The number of amides is 2. The van der Waals surface area contributed by atoms with E-state index in [2.05, 4.69) is 48.4 Å². The van der Waals surface area contributed by atoms with E-state index in [9.17, 15) is 9.59 Å². The first-order valence-corrected chi connectivity index (χ1v) is 11.2. The summed E-state index contributed by atoms with van der Waals surface area (Å²) in [7, 11) is 0. The molecule has 0 radical (unpaired) electrons. The van der Waals surface area contributed by atoms with Gasteiger partial charge in [-0.2, -0.15) is 0 Å². The number of likely N-dealkylation sites (tertiary alicyclic amines) is 1. The van der Waals surface area contributed by atoms with Crippen molar-refractivity contribution < 1.29 is 14.3 Å². The average molecular weight is 418 g/mol. The number of benzene rings is 1. The summed E-state index contributed by atoms with van der Waals surface area (Å²) < 4.78 is 5.49. The highest BCUT2D eigenvalue weighted by atomic mass is 16.5. The Morgan fingerprint density at radius 1 is 1.13 bits per heavy atom. The fourth-order valence-corrected chi connectivity index (χ4v) is 3.56. The van der Waals surface area contributed by atoms with Crippen molar-refractivity contribution in [3.63, 3.8) is 0 Å². The quantitative estimate of drug-likeness (QED) is 0.603. The molecule has 1 aliphatic rings. The Balaban J connectivity index is 1.66. The maximum absolute atomic E-state index is 12.4. The third-order valence-electron chi connectivity index (χ3n) is 5.43. The lowest BCUT2D eigenvalue weighted by Crippen LogP contribution is -2.43. The van der Waals surface area contributed by atoms with Crippen LogP contribution >= 0.6 is 0 Å². The van der Waals surface area contributed by atoms with Gasteiger partial charge in [-0.15, -0.1) is 0 Å². The number of rotatable bonds is 9. The summed E-state index contributed by atoms with van der Waals surface area (Å²) in [6, 6.07) is 8.05. The molecule has 0 saturated carbocycles. The molecule has 0 aromatic heterocycles. The number of hydrogen-bond donors (Lipinski definition) is 2. The van der Waals surface area contributed by atoms with Crippen molar-refractivity contribution in [1.29, 1.82) is 0 Å². The summed E-state index contributed by atoms with van der Waals surface area (Å²) in [6.07, 6.45) is 2.65. The molecule has 6 nitrogen and oxygen atoms in total. The molecule has 0 aliphatic carbocycles. The van der Waals surface area contributed by atoms with Gasteiger partial charge in [0.15, 0.2) is 0 Å². The lowest BCUT2D eigenvalue weighted by molar-refractivity contribution is -0.126. The fourth-order valence-electron chi connectivity index (χ4n) is 3.56. The number of nitrogens with zero attached hydrogens (tertiary/aromatic N) is 1. The summed E-state index contributed by atoms with van der Waals surface area (Å²) >= 11 is 0. The van der Waals surface area contributed by atoms with Crippen molar-refractivity contribution in [3.8, 4) is 0 Å². The van der Waals surface area contributed by atoms with Gasteiger partial charge < -0.3 is 15.4 Å². The summed E-state index contributed by atoms with van der Waals surface area (Å²) in [5.74, 6) is 0.162. The summed E-state index contributed by atoms with van der Waals surface area (Å²) in [6.45, 7) is 13.8. The minimum absolute atomic E-state index is 0.00781. The number of carbonyl (C=O) groups excluding carboxylic acids is 2. The van der Waals surface area contributed by atoms with E-state index in [1.807, 2.05) is 26.0 Å². The highest BCUT2D eigenvalue weighted by Crippen LogP contribution is 2.23. The molecule has 2 amide bonds. The number of hydrogen-bond acceptors (Lipinski definition) is 4. The van der Waals surface area contributed by atoms with Crippen molar-refractivity contribution in [2.45, 2.75) is 65.4 Å². The second-order valence-electron chi connectivity index (χ2n) is 9.49. The first-order valence-electron chi connectivity index (χ1n) is 11.2. The zero-order chi connectivity index (χ0) is 22.1. The van der Waals surface area contributed by atoms with E-state index >= 15 is 0 Å². The van der Waals surface area contributed by atoms with Crippen LogP contribution in [-0.2, 0) is 19.7 Å². The molecule has 0 atom stereocenters. The smallest absolute Gasteiger partial charge is 0.238 e. The van der Waals surface area contributed by atoms with Gasteiger partial charge in [0.1, 0.15) is 0 Å². The molecule has 168 valence electrons. The molecule has 30 heavy (non-hydrogen) atoms. The van der Waals surface area contributed by atoms with Gasteiger partial charge in [-0.1, -0.05) is 32.9 Å². The van der Waals surface area contributed by atoms with Crippen LogP contribution in [0.15, 0.2) is 24.3 Å². The molecular formula is C24H39N3O3. The first-order chi connectivity index (χ1) is 14.1. The lowest BCUT2D eigenvalue weighted by Gasteiger charge is -2.30. The Morgan fingerprint density at radius 2 is 1.77 bits per heavy atom. The number of piperidine rings is 1. The highest BCUT2D eigenvalue weighted by Gasteiger charge is 2.25. The van der Waals surface area contributed by atoms with E-state index < -0.39 is 0 Å². The largest absolute Gasteiger partial charge is 0.379 e. The van der Waals surface area contributed by atoms with E-state index in [1.165, 1.54) is 5.56 Å². The lowest BCUT2D eigenvalue weighted by atomic mass is 9.87. The summed E-state index contributed by atoms with van der Waals surface area (Å²) in [5.41, 5.74) is 2.16. The first kappa shape index (κ1) is 24.4. The predicted molar refractivity (Wildman–Crippen MR) is 122 cm³/mol. The van der Waals surface area contributed by atoms with E-state index in [-0.39, 0.29) is 29.3 Å². The van der Waals surface area contributed by atoms with Gasteiger partial charge in [0, 0.05) is 24.8 Å². The van der Waals surface area contributed by atoms with Crippen LogP contribution in [0.1, 0.15) is 59.4 Å². The number of ether oxygens (including phenoxy) is 1. The van der Waals surface area contributed by atoms with Crippen LogP contribution < -0.4 is 10.6 Å². The average Bonchev–Trinajstić information content (AvgIpc) is 2.67. The molecule has 6 heteroatoms. The van der Waals surface area contributed by atoms with Crippen molar-refractivity contribution >= 4 is 17.5 Å². The molecule has 1 aromatic carbocycles. The normalized spacial score (nSPS) is 15.9. The number of anilines is 1. The topological polar surface area (TPSA) is 70.7 Å². The van der Waals surface area contributed by atoms with Crippen LogP contribution in [0.3, 0.4) is 0 Å². The third-order valence-corrected chi connectivity index (χ3v) is 5.43. The number of carbonyl (C=O) groups is 2. The Morgan fingerprint density at radius 3 is 2.33 bits per heavy atom. The molecule has 0 bridgehead atoms. The molecule has 1 heterocycles. The van der Waals surface area contributed by atoms with Crippen molar-refractivity contribution in [2.24, 2.45) is 5.92 Å². The van der Waals surface area contributed by atoms with Crippen molar-refractivity contribution in [3.05, 3.63) is 29.8 Å². The van der Waals surface area contributed by atoms with Gasteiger partial charge in [0.05, 0.1) is 12.6 Å². The van der Waals surface area contributed by atoms with Crippen LogP contribution in [0.4, 0.5) is 5.69 Å². The van der Waals surface area contributed by atoms with E-state index in [4.69, 9.17) is 4.74 Å². The van der Waals surface area contributed by atoms with Crippen LogP contribution in [0.5, 0.6) is 0 Å². The zero-order valence-electron chi connectivity index (χ0n) is 19.3. The van der Waals surface area contributed by atoms with Gasteiger partial charge in [0.25, 0.3) is 0 Å². The molecule has 1 saturated heterocycles. The van der Waals surface area contributed by atoms with Gasteiger partial charge in [-0.05, 0) is 69.3 Å². The second kappa shape index (κ2) is 11.5. The van der Waals surface area contributed by atoms with Crippen molar-refractivity contribution in [1.82, 2.24) is 10.2 Å². The van der Waals surface area contributed by atoms with Gasteiger partial charge in [-0.3, -0.25) is 14.5 Å². The standard InChI is InChI=1S/C24H39N3O3/c1-18(2)30-16-6-13-25-23(29)19-11-14-27(15-12-19)17-22(28)26-21-9-7-20(8-10-21)24(3,4)5/h7-10,18-19H,6,11-17H2,1-5H3,(H,25,29)(H,26,28). The molecule has 1 aromatic rings. The molecule has 1 aliphatic heterocycles. The minimum atomic E-state index is -0.00781. The molecule has 0 spiro atoms. The van der Waals surface area contributed by atoms with Crippen LogP contribution in [-0.4, -0.2) is 55.6 Å². The molecule has 2 rings (SSSR count). The van der Waals surface area contributed by atoms with Gasteiger partial charge >= 0.3 is 0 Å². The van der Waals surface area contributed by atoms with E-state index in [1.54, 1.807) is 0 Å². The minimum Gasteiger partial charge on any atom is -0.379 e. The monoisotopic (exact) mass is 417 g/mol. The zero-order valence-corrected chi connectivity index (χ0v) is 19.3. The molecule has 1 fully saturated rings. The van der Waals surface area contributed by atoms with Crippen molar-refractivity contribution in [2.75, 3.05) is 38.1 Å². The summed E-state index contributed by atoms with van der Waals surface area (Å²) in [5, 5.41) is 5.99. The van der Waals surface area contributed by atoms with Gasteiger partial charge in [-0.25, -0.2) is 0 Å². The second-order valence-corrected chi connectivity index (χ2v) is 9.49. The van der Waals surface area contributed by atoms with Gasteiger partial charge in [0.2, 0.25) is 11.8 Å². The van der Waals surface area contributed by atoms with Crippen LogP contribution in [0.25, 0.3) is 0 Å². The van der Waals surface area contributed by atoms with Crippen LogP contribution in [0, 0.1) is 5.92 Å². The fraction of sp³-hybridized carbons (Fsp3) is 0.667. The Bertz CT molecular complexity index is 672. The highest BCUT2D eigenvalue weighted by molar-refractivity contribution is 5.92.